The van der Waals surface area contributed by atoms with E-state index < -0.39 is 0 Å². The summed E-state index contributed by atoms with van der Waals surface area (Å²) in [5.41, 5.74) is 3.32. The fourth-order valence-corrected chi connectivity index (χ4v) is 2.76. The first-order valence-electron chi connectivity index (χ1n) is 7.46. The van der Waals surface area contributed by atoms with Gasteiger partial charge in [0, 0.05) is 18.0 Å². The molecule has 0 radical (unpaired) electrons. The molecule has 0 aliphatic carbocycles. The Morgan fingerprint density at radius 1 is 1.24 bits per heavy atom. The van der Waals surface area contributed by atoms with Gasteiger partial charge in [0.15, 0.2) is 0 Å². The predicted octanol–water partition coefficient (Wildman–Crippen LogP) is 3.65. The van der Waals surface area contributed by atoms with E-state index in [-0.39, 0.29) is 11.9 Å². The lowest BCUT2D eigenvalue weighted by molar-refractivity contribution is 0.357. The second kappa shape index (κ2) is 6.27. The maximum atomic E-state index is 13.7. The third-order valence-corrected chi connectivity index (χ3v) is 3.99. The fourth-order valence-electron chi connectivity index (χ4n) is 2.76. The number of fused-ring (bicyclic) bond motifs is 1. The molecule has 1 aliphatic rings. The summed E-state index contributed by atoms with van der Waals surface area (Å²) in [4.78, 5) is 0. The van der Waals surface area contributed by atoms with Crippen LogP contribution < -0.4 is 10.1 Å². The van der Waals surface area contributed by atoms with Crippen molar-refractivity contribution in [1.82, 2.24) is 5.32 Å². The van der Waals surface area contributed by atoms with Gasteiger partial charge in [-0.1, -0.05) is 30.3 Å². The monoisotopic (exact) mass is 285 g/mol. The second-order valence-electron chi connectivity index (χ2n) is 5.49. The zero-order chi connectivity index (χ0) is 14.7. The van der Waals surface area contributed by atoms with Crippen molar-refractivity contribution in [2.45, 2.75) is 25.8 Å². The van der Waals surface area contributed by atoms with Gasteiger partial charge in [0.05, 0.1) is 6.61 Å². The maximum absolute atomic E-state index is 13.7. The lowest BCUT2D eigenvalue weighted by atomic mass is 10.1. The molecule has 0 saturated carbocycles. The topological polar surface area (TPSA) is 21.3 Å². The van der Waals surface area contributed by atoms with Crippen molar-refractivity contribution in [2.24, 2.45) is 0 Å². The minimum atomic E-state index is -0.146. The molecule has 3 rings (SSSR count). The largest absolute Gasteiger partial charge is 0.493 e. The minimum absolute atomic E-state index is 0.0176. The first kappa shape index (κ1) is 14.1. The first-order valence-corrected chi connectivity index (χ1v) is 7.46. The Morgan fingerprint density at radius 3 is 2.95 bits per heavy atom. The third kappa shape index (κ3) is 3.24. The van der Waals surface area contributed by atoms with E-state index in [0.29, 0.717) is 0 Å². The summed E-state index contributed by atoms with van der Waals surface area (Å²) >= 11 is 0. The maximum Gasteiger partial charge on any atom is 0.127 e. The van der Waals surface area contributed by atoms with Gasteiger partial charge in [0.2, 0.25) is 0 Å². The molecule has 1 heterocycles. The summed E-state index contributed by atoms with van der Waals surface area (Å²) in [5, 5.41) is 3.38. The van der Waals surface area contributed by atoms with Gasteiger partial charge in [-0.2, -0.15) is 0 Å². The Morgan fingerprint density at radius 2 is 2.10 bits per heavy atom. The normalized spacial score (nSPS) is 14.6. The van der Waals surface area contributed by atoms with Crippen molar-refractivity contribution in [1.29, 1.82) is 0 Å². The molecule has 1 N–H and O–H groups in total. The molecular formula is C18H20FNO. The summed E-state index contributed by atoms with van der Waals surface area (Å²) in [6.07, 6.45) is 1.94. The molecule has 0 saturated heterocycles. The number of rotatable bonds is 5. The summed E-state index contributed by atoms with van der Waals surface area (Å²) in [6, 6.07) is 13.3. The molecule has 0 fully saturated rings. The van der Waals surface area contributed by atoms with Crippen molar-refractivity contribution in [2.75, 3.05) is 13.2 Å². The van der Waals surface area contributed by atoms with Gasteiger partial charge in [-0.3, -0.25) is 0 Å². The molecule has 2 aromatic rings. The summed E-state index contributed by atoms with van der Waals surface area (Å²) in [5.74, 6) is 0.874. The van der Waals surface area contributed by atoms with Crippen molar-refractivity contribution in [3.63, 3.8) is 0 Å². The van der Waals surface area contributed by atoms with E-state index in [4.69, 9.17) is 4.74 Å². The molecule has 0 spiro atoms. The van der Waals surface area contributed by atoms with E-state index in [0.717, 1.165) is 37.3 Å². The summed E-state index contributed by atoms with van der Waals surface area (Å²) < 4.78 is 19.2. The molecule has 0 unspecified atom stereocenters. The summed E-state index contributed by atoms with van der Waals surface area (Å²) in [7, 11) is 0. The quantitative estimate of drug-likeness (QED) is 0.905. The van der Waals surface area contributed by atoms with Crippen LogP contribution in [0.4, 0.5) is 4.39 Å². The third-order valence-electron chi connectivity index (χ3n) is 3.99. The number of hydrogen-bond donors (Lipinski definition) is 1. The van der Waals surface area contributed by atoms with Gasteiger partial charge in [0.1, 0.15) is 11.6 Å². The molecular weight excluding hydrogens is 265 g/mol. The zero-order valence-electron chi connectivity index (χ0n) is 12.2. The Balaban J connectivity index is 1.55. The highest BCUT2D eigenvalue weighted by atomic mass is 19.1. The molecule has 2 nitrogen and oxygen atoms in total. The molecule has 1 atom stereocenters. The summed E-state index contributed by atoms with van der Waals surface area (Å²) in [6.45, 7) is 3.62. The number of nitrogens with one attached hydrogen (secondary N) is 1. The van der Waals surface area contributed by atoms with E-state index in [1.165, 1.54) is 17.2 Å². The Bertz CT molecular complexity index is 626. The molecule has 110 valence electrons. The van der Waals surface area contributed by atoms with Crippen molar-refractivity contribution in [3.8, 4) is 5.75 Å². The van der Waals surface area contributed by atoms with Crippen LogP contribution in [0.15, 0.2) is 42.5 Å². The smallest absolute Gasteiger partial charge is 0.127 e. The van der Waals surface area contributed by atoms with Gasteiger partial charge in [-0.05, 0) is 43.1 Å². The predicted molar refractivity (Wildman–Crippen MR) is 82.2 cm³/mol. The van der Waals surface area contributed by atoms with Crippen molar-refractivity contribution in [3.05, 3.63) is 65.0 Å². The van der Waals surface area contributed by atoms with Gasteiger partial charge in [-0.25, -0.2) is 4.39 Å². The van der Waals surface area contributed by atoms with Crippen LogP contribution in [0, 0.1) is 5.82 Å². The second-order valence-corrected chi connectivity index (χ2v) is 5.49. The minimum Gasteiger partial charge on any atom is -0.493 e. The number of hydrogen-bond acceptors (Lipinski definition) is 2. The van der Waals surface area contributed by atoms with E-state index in [9.17, 15) is 4.39 Å². The molecule has 2 aromatic carbocycles. The van der Waals surface area contributed by atoms with Crippen LogP contribution in [0.2, 0.25) is 0 Å². The van der Waals surface area contributed by atoms with Crippen LogP contribution >= 0.6 is 0 Å². The average molecular weight is 285 g/mol. The van der Waals surface area contributed by atoms with Crippen LogP contribution in [0.1, 0.15) is 29.7 Å². The number of benzene rings is 2. The number of ether oxygens (including phenoxy) is 1. The lowest BCUT2D eigenvalue weighted by Gasteiger charge is -2.15. The highest BCUT2D eigenvalue weighted by Crippen LogP contribution is 2.26. The number of halogens is 1. The molecule has 21 heavy (non-hydrogen) atoms. The van der Waals surface area contributed by atoms with Gasteiger partial charge >= 0.3 is 0 Å². The van der Waals surface area contributed by atoms with Crippen LogP contribution in [-0.4, -0.2) is 13.2 Å². The molecule has 0 amide bonds. The average Bonchev–Trinajstić information content (AvgIpc) is 2.95. The fraction of sp³-hybridized carbons (Fsp3) is 0.333. The lowest BCUT2D eigenvalue weighted by Crippen LogP contribution is -2.22. The van der Waals surface area contributed by atoms with Crippen molar-refractivity contribution >= 4 is 0 Å². The molecule has 0 bridgehead atoms. The van der Waals surface area contributed by atoms with Crippen molar-refractivity contribution < 1.29 is 9.13 Å². The SMILES string of the molecule is C[C@@H](NCCc1ccc2c(c1)CCO2)c1ccccc1F. The standard InChI is InChI=1S/C18H20FNO/c1-13(16-4-2-3-5-17(16)19)20-10-8-14-6-7-18-15(12-14)9-11-21-18/h2-7,12-13,20H,8-11H2,1H3/t13-/m1/s1. The van der Waals surface area contributed by atoms with Gasteiger partial charge in [0.25, 0.3) is 0 Å². The Labute approximate surface area is 125 Å². The molecule has 3 heteroatoms. The Hall–Kier alpha value is -1.87. The van der Waals surface area contributed by atoms with E-state index >= 15 is 0 Å². The van der Waals surface area contributed by atoms with Crippen LogP contribution in [0.25, 0.3) is 0 Å². The van der Waals surface area contributed by atoms with E-state index in [2.05, 4.69) is 23.5 Å². The van der Waals surface area contributed by atoms with Gasteiger partial charge < -0.3 is 10.1 Å². The molecule has 0 aromatic heterocycles. The van der Waals surface area contributed by atoms with E-state index in [1.807, 2.05) is 19.1 Å². The highest BCUT2D eigenvalue weighted by molar-refractivity contribution is 5.39. The highest BCUT2D eigenvalue weighted by Gasteiger charge is 2.12. The van der Waals surface area contributed by atoms with Crippen LogP contribution in [-0.2, 0) is 12.8 Å². The zero-order valence-corrected chi connectivity index (χ0v) is 12.2. The van der Waals surface area contributed by atoms with Gasteiger partial charge in [-0.15, -0.1) is 0 Å². The van der Waals surface area contributed by atoms with Crippen LogP contribution in [0.3, 0.4) is 0 Å². The first-order chi connectivity index (χ1) is 10.2. The van der Waals surface area contributed by atoms with E-state index in [1.54, 1.807) is 6.07 Å². The molecule has 1 aliphatic heterocycles. The Kier molecular flexibility index (Phi) is 4.20. The van der Waals surface area contributed by atoms with Crippen LogP contribution in [0.5, 0.6) is 5.75 Å².